The highest BCUT2D eigenvalue weighted by atomic mass is 16.3. The molecule has 5 nitrogen and oxygen atoms in total. The van der Waals surface area contributed by atoms with E-state index in [0.29, 0.717) is 10.9 Å². The van der Waals surface area contributed by atoms with Crippen molar-refractivity contribution in [3.05, 3.63) is 45.7 Å². The molecule has 0 saturated heterocycles. The monoisotopic (exact) mass is 246 g/mol. The molecule has 0 aliphatic rings. The van der Waals surface area contributed by atoms with E-state index < -0.39 is 5.91 Å². The number of carbonyl (C=O) groups excluding carboxylic acids is 1. The molecule has 2 rings (SSSR count). The summed E-state index contributed by atoms with van der Waals surface area (Å²) in [6.07, 6.45) is 1.40. The molecule has 0 bridgehead atoms. The molecule has 0 radical (unpaired) electrons. The van der Waals surface area contributed by atoms with Crippen LogP contribution < -0.4 is 10.7 Å². The van der Waals surface area contributed by atoms with Crippen LogP contribution >= 0.6 is 0 Å². The first-order valence-electron chi connectivity index (χ1n) is 5.64. The molecule has 5 heteroatoms. The molecule has 18 heavy (non-hydrogen) atoms. The van der Waals surface area contributed by atoms with Gasteiger partial charge in [0.25, 0.3) is 5.91 Å². The number of aromatic amines is 1. The minimum Gasteiger partial charge on any atom is -0.395 e. The average Bonchev–Trinajstić information content (AvgIpc) is 2.36. The summed E-state index contributed by atoms with van der Waals surface area (Å²) in [4.78, 5) is 26.7. The van der Waals surface area contributed by atoms with Crippen molar-refractivity contribution in [3.63, 3.8) is 0 Å². The Labute approximate surface area is 103 Å². The van der Waals surface area contributed by atoms with Crippen molar-refractivity contribution in [2.75, 3.05) is 13.2 Å². The molecule has 2 aromatic rings. The van der Waals surface area contributed by atoms with Crippen LogP contribution in [-0.4, -0.2) is 29.1 Å². The number of rotatable bonds is 3. The second-order valence-electron chi connectivity index (χ2n) is 4.06. The van der Waals surface area contributed by atoms with E-state index in [9.17, 15) is 9.59 Å². The Kier molecular flexibility index (Phi) is 3.43. The quantitative estimate of drug-likeness (QED) is 0.740. The number of H-pyrrole nitrogens is 1. The molecule has 0 aliphatic heterocycles. The number of aryl methyl sites for hydroxylation is 1. The zero-order valence-electron chi connectivity index (χ0n) is 9.99. The number of hydrogen-bond donors (Lipinski definition) is 3. The van der Waals surface area contributed by atoms with Crippen LogP contribution in [0.1, 0.15) is 15.9 Å². The second kappa shape index (κ2) is 5.01. The molecule has 0 unspecified atom stereocenters. The summed E-state index contributed by atoms with van der Waals surface area (Å²) >= 11 is 0. The Morgan fingerprint density at radius 2 is 2.22 bits per heavy atom. The van der Waals surface area contributed by atoms with E-state index in [-0.39, 0.29) is 24.1 Å². The lowest BCUT2D eigenvalue weighted by molar-refractivity contribution is 0.0943. The van der Waals surface area contributed by atoms with Crippen LogP contribution in [0.5, 0.6) is 0 Å². The lowest BCUT2D eigenvalue weighted by atomic mass is 10.1. The predicted molar refractivity (Wildman–Crippen MR) is 68.7 cm³/mol. The molecule has 1 heterocycles. The van der Waals surface area contributed by atoms with Gasteiger partial charge in [-0.25, -0.2) is 0 Å². The molecule has 94 valence electrons. The molecule has 1 amide bonds. The van der Waals surface area contributed by atoms with Gasteiger partial charge in [-0.3, -0.25) is 9.59 Å². The topological polar surface area (TPSA) is 82.2 Å². The average molecular weight is 246 g/mol. The highest BCUT2D eigenvalue weighted by Gasteiger charge is 2.12. The number of carbonyl (C=O) groups is 1. The second-order valence-corrected chi connectivity index (χ2v) is 4.06. The fourth-order valence-electron chi connectivity index (χ4n) is 1.77. The van der Waals surface area contributed by atoms with E-state index in [4.69, 9.17) is 5.11 Å². The number of aromatic nitrogens is 1. The first kappa shape index (κ1) is 12.3. The van der Waals surface area contributed by atoms with E-state index in [0.717, 1.165) is 5.56 Å². The van der Waals surface area contributed by atoms with Crippen LogP contribution in [0.4, 0.5) is 0 Å². The van der Waals surface area contributed by atoms with Crippen molar-refractivity contribution in [3.8, 4) is 0 Å². The highest BCUT2D eigenvalue weighted by molar-refractivity contribution is 5.97. The van der Waals surface area contributed by atoms with E-state index in [1.807, 2.05) is 19.1 Å². The number of hydrogen-bond acceptors (Lipinski definition) is 3. The van der Waals surface area contributed by atoms with E-state index in [2.05, 4.69) is 10.3 Å². The third-order valence-electron chi connectivity index (χ3n) is 2.68. The molecule has 0 saturated carbocycles. The lowest BCUT2D eigenvalue weighted by Crippen LogP contribution is -2.30. The standard InChI is InChI=1S/C13H14N2O3/c1-8-2-3-9-11(6-8)15-7-10(12(9)17)13(18)14-4-5-16/h2-3,6-7,16H,4-5H2,1H3,(H,14,18)(H,15,17). The van der Waals surface area contributed by atoms with Crippen LogP contribution in [0.3, 0.4) is 0 Å². The fraction of sp³-hybridized carbons (Fsp3) is 0.231. The molecule has 0 aliphatic carbocycles. The van der Waals surface area contributed by atoms with Gasteiger partial charge in [-0.2, -0.15) is 0 Å². The van der Waals surface area contributed by atoms with Crippen LogP contribution in [0.25, 0.3) is 10.9 Å². The minimum absolute atomic E-state index is 0.0554. The minimum atomic E-state index is -0.479. The highest BCUT2D eigenvalue weighted by Crippen LogP contribution is 2.10. The van der Waals surface area contributed by atoms with Gasteiger partial charge in [0.15, 0.2) is 0 Å². The number of benzene rings is 1. The number of aliphatic hydroxyl groups is 1. The van der Waals surface area contributed by atoms with Crippen LogP contribution in [0.2, 0.25) is 0 Å². The summed E-state index contributed by atoms with van der Waals surface area (Å²) in [6, 6.07) is 5.38. The smallest absolute Gasteiger partial charge is 0.256 e. The van der Waals surface area contributed by atoms with E-state index in [1.54, 1.807) is 6.07 Å². The summed E-state index contributed by atoms with van der Waals surface area (Å²) < 4.78 is 0. The maximum Gasteiger partial charge on any atom is 0.256 e. The molecule has 0 fully saturated rings. The largest absolute Gasteiger partial charge is 0.395 e. The number of aliphatic hydroxyl groups excluding tert-OH is 1. The van der Waals surface area contributed by atoms with Crippen molar-refractivity contribution in [2.45, 2.75) is 6.92 Å². The Hall–Kier alpha value is -2.14. The fourth-order valence-corrected chi connectivity index (χ4v) is 1.77. The molecule has 0 spiro atoms. The molecule has 1 aromatic carbocycles. The summed E-state index contributed by atoms with van der Waals surface area (Å²) in [7, 11) is 0. The molecule has 3 N–H and O–H groups in total. The third-order valence-corrected chi connectivity index (χ3v) is 2.68. The van der Waals surface area contributed by atoms with Crippen molar-refractivity contribution >= 4 is 16.8 Å². The maximum absolute atomic E-state index is 12.1. The molecule has 0 atom stereocenters. The van der Waals surface area contributed by atoms with Crippen molar-refractivity contribution < 1.29 is 9.90 Å². The summed E-state index contributed by atoms with van der Waals surface area (Å²) in [5.41, 5.74) is 1.49. The van der Waals surface area contributed by atoms with Crippen LogP contribution in [-0.2, 0) is 0 Å². The lowest BCUT2D eigenvalue weighted by Gasteiger charge is -2.04. The van der Waals surface area contributed by atoms with Gasteiger partial charge >= 0.3 is 0 Å². The van der Waals surface area contributed by atoms with Gasteiger partial charge in [-0.05, 0) is 24.6 Å². The van der Waals surface area contributed by atoms with Crippen molar-refractivity contribution in [1.29, 1.82) is 0 Å². The maximum atomic E-state index is 12.1. The number of pyridine rings is 1. The molecular weight excluding hydrogens is 232 g/mol. The first-order chi connectivity index (χ1) is 8.63. The molecule has 1 aromatic heterocycles. The van der Waals surface area contributed by atoms with Crippen LogP contribution in [0, 0.1) is 6.92 Å². The summed E-state index contributed by atoms with van der Waals surface area (Å²) in [6.45, 7) is 1.90. The predicted octanol–water partition coefficient (Wildman–Crippen LogP) is 0.559. The normalized spacial score (nSPS) is 10.6. The van der Waals surface area contributed by atoms with Gasteiger partial charge in [0, 0.05) is 23.6 Å². The van der Waals surface area contributed by atoms with Gasteiger partial charge in [-0.15, -0.1) is 0 Å². The Balaban J connectivity index is 2.48. The number of nitrogens with one attached hydrogen (secondary N) is 2. The molecular formula is C13H14N2O3. The van der Waals surface area contributed by atoms with Crippen LogP contribution in [0.15, 0.2) is 29.2 Å². The number of amides is 1. The van der Waals surface area contributed by atoms with E-state index >= 15 is 0 Å². The van der Waals surface area contributed by atoms with Gasteiger partial charge in [-0.1, -0.05) is 6.07 Å². The van der Waals surface area contributed by atoms with Crippen molar-refractivity contribution in [1.82, 2.24) is 10.3 Å². The van der Waals surface area contributed by atoms with Crippen molar-refractivity contribution in [2.24, 2.45) is 0 Å². The van der Waals surface area contributed by atoms with Gasteiger partial charge in [0.05, 0.1) is 6.61 Å². The van der Waals surface area contributed by atoms with E-state index in [1.165, 1.54) is 6.20 Å². The first-order valence-corrected chi connectivity index (χ1v) is 5.64. The summed E-state index contributed by atoms with van der Waals surface area (Å²) in [5, 5.41) is 11.6. The zero-order chi connectivity index (χ0) is 13.1. The Morgan fingerprint density at radius 3 is 2.94 bits per heavy atom. The van der Waals surface area contributed by atoms with Gasteiger partial charge in [0.2, 0.25) is 5.43 Å². The SMILES string of the molecule is Cc1ccc2c(=O)c(C(=O)NCCO)c[nH]c2c1. The van der Waals surface area contributed by atoms with Gasteiger partial charge in [0.1, 0.15) is 5.56 Å². The zero-order valence-corrected chi connectivity index (χ0v) is 9.99. The Bertz CT molecular complexity index is 646. The Morgan fingerprint density at radius 1 is 1.44 bits per heavy atom. The summed E-state index contributed by atoms with van der Waals surface area (Å²) in [5.74, 6) is -0.479. The van der Waals surface area contributed by atoms with Gasteiger partial charge < -0.3 is 15.4 Å². The third kappa shape index (κ3) is 2.26. The number of fused-ring (bicyclic) bond motifs is 1.